The molecule has 0 fully saturated rings. The molecule has 1 amide bonds. The van der Waals surface area contributed by atoms with Crippen molar-refractivity contribution in [3.8, 4) is 0 Å². The van der Waals surface area contributed by atoms with Crippen LogP contribution in [0.2, 0.25) is 5.02 Å². The van der Waals surface area contributed by atoms with Gasteiger partial charge in [0.2, 0.25) is 5.91 Å². The third-order valence-corrected chi connectivity index (χ3v) is 3.33. The van der Waals surface area contributed by atoms with E-state index < -0.39 is 0 Å². The topological polar surface area (TPSA) is 74.8 Å². The van der Waals surface area contributed by atoms with Crippen molar-refractivity contribution < 1.29 is 9.53 Å². The molecule has 0 spiro atoms. The first-order valence-corrected chi connectivity index (χ1v) is 8.00. The molecule has 1 unspecified atom stereocenters. The quantitative estimate of drug-likeness (QED) is 0.383. The second-order valence-electron chi connectivity index (χ2n) is 4.96. The molecule has 0 aliphatic rings. The smallest absolute Gasteiger partial charge is 0.241 e. The highest BCUT2D eigenvalue weighted by Crippen LogP contribution is 2.15. The van der Waals surface area contributed by atoms with Crippen LogP contribution in [-0.4, -0.2) is 45.2 Å². The number of aliphatic imine (C=N–C) groups is 1. The molecule has 0 aliphatic heterocycles. The standard InChI is InChI=1S/C16H25ClN4O2/c1-4-18-16(20-11-15(22)19-9-10-23-3)21-12(2)13-5-7-14(17)8-6-13/h5-8,12H,4,9-11H2,1-3H3,(H,19,22)(H2,18,20,21). The van der Waals surface area contributed by atoms with Crippen LogP contribution in [0.3, 0.4) is 0 Å². The van der Waals surface area contributed by atoms with E-state index in [-0.39, 0.29) is 18.5 Å². The predicted molar refractivity (Wildman–Crippen MR) is 93.9 cm³/mol. The van der Waals surface area contributed by atoms with Crippen molar-refractivity contribution >= 4 is 23.5 Å². The number of amides is 1. The number of carbonyl (C=O) groups is 1. The van der Waals surface area contributed by atoms with Crippen LogP contribution in [0.5, 0.6) is 0 Å². The van der Waals surface area contributed by atoms with E-state index in [0.717, 1.165) is 5.56 Å². The summed E-state index contributed by atoms with van der Waals surface area (Å²) < 4.78 is 4.88. The summed E-state index contributed by atoms with van der Waals surface area (Å²) >= 11 is 5.90. The van der Waals surface area contributed by atoms with Gasteiger partial charge in [0.25, 0.3) is 0 Å². The minimum Gasteiger partial charge on any atom is -0.383 e. The van der Waals surface area contributed by atoms with E-state index in [2.05, 4.69) is 20.9 Å². The van der Waals surface area contributed by atoms with E-state index in [1.807, 2.05) is 38.1 Å². The molecule has 1 aromatic rings. The fourth-order valence-corrected chi connectivity index (χ4v) is 1.99. The van der Waals surface area contributed by atoms with Gasteiger partial charge in [-0.15, -0.1) is 0 Å². The van der Waals surface area contributed by atoms with Crippen LogP contribution in [0.4, 0.5) is 0 Å². The summed E-state index contributed by atoms with van der Waals surface area (Å²) in [7, 11) is 1.59. The normalized spacial score (nSPS) is 12.6. The molecule has 0 heterocycles. The Morgan fingerprint density at radius 3 is 2.61 bits per heavy atom. The van der Waals surface area contributed by atoms with Crippen LogP contribution >= 0.6 is 11.6 Å². The number of hydrogen-bond acceptors (Lipinski definition) is 3. The van der Waals surface area contributed by atoms with Gasteiger partial charge in [-0.25, -0.2) is 4.99 Å². The summed E-state index contributed by atoms with van der Waals surface area (Å²) in [6.45, 7) is 5.74. The number of nitrogens with one attached hydrogen (secondary N) is 3. The summed E-state index contributed by atoms with van der Waals surface area (Å²) in [4.78, 5) is 16.0. The lowest BCUT2D eigenvalue weighted by Crippen LogP contribution is -2.40. The van der Waals surface area contributed by atoms with Crippen LogP contribution in [0, 0.1) is 0 Å². The maximum atomic E-state index is 11.7. The van der Waals surface area contributed by atoms with Gasteiger partial charge in [0.05, 0.1) is 12.6 Å². The van der Waals surface area contributed by atoms with Crippen LogP contribution < -0.4 is 16.0 Å². The lowest BCUT2D eigenvalue weighted by atomic mass is 10.1. The van der Waals surface area contributed by atoms with Gasteiger partial charge in [0, 0.05) is 25.2 Å². The number of rotatable bonds is 8. The second kappa shape index (κ2) is 10.9. The second-order valence-corrected chi connectivity index (χ2v) is 5.39. The van der Waals surface area contributed by atoms with E-state index in [1.165, 1.54) is 0 Å². The summed E-state index contributed by atoms with van der Waals surface area (Å²) in [6, 6.07) is 7.66. The Morgan fingerprint density at radius 1 is 1.30 bits per heavy atom. The highest BCUT2D eigenvalue weighted by atomic mass is 35.5. The highest BCUT2D eigenvalue weighted by molar-refractivity contribution is 6.30. The molecular weight excluding hydrogens is 316 g/mol. The number of hydrogen-bond donors (Lipinski definition) is 3. The number of guanidine groups is 1. The Labute approximate surface area is 142 Å². The number of benzene rings is 1. The van der Waals surface area contributed by atoms with Gasteiger partial charge in [-0.2, -0.15) is 0 Å². The van der Waals surface area contributed by atoms with Crippen molar-refractivity contribution in [2.75, 3.05) is 33.4 Å². The van der Waals surface area contributed by atoms with Crippen molar-refractivity contribution in [3.63, 3.8) is 0 Å². The zero-order chi connectivity index (χ0) is 17.1. The predicted octanol–water partition coefficient (Wildman–Crippen LogP) is 1.72. The van der Waals surface area contributed by atoms with Gasteiger partial charge in [-0.05, 0) is 31.5 Å². The Hall–Kier alpha value is -1.79. The summed E-state index contributed by atoms with van der Waals surface area (Å²) in [5, 5.41) is 9.83. The summed E-state index contributed by atoms with van der Waals surface area (Å²) in [5.74, 6) is 0.454. The molecule has 23 heavy (non-hydrogen) atoms. The lowest BCUT2D eigenvalue weighted by molar-refractivity contribution is -0.119. The van der Waals surface area contributed by atoms with Crippen molar-refractivity contribution in [2.24, 2.45) is 4.99 Å². The summed E-state index contributed by atoms with van der Waals surface area (Å²) in [5.41, 5.74) is 1.09. The van der Waals surface area contributed by atoms with Crippen molar-refractivity contribution in [2.45, 2.75) is 19.9 Å². The fraction of sp³-hybridized carbons (Fsp3) is 0.500. The molecular formula is C16H25ClN4O2. The lowest BCUT2D eigenvalue weighted by Gasteiger charge is -2.18. The zero-order valence-electron chi connectivity index (χ0n) is 13.9. The third-order valence-electron chi connectivity index (χ3n) is 3.08. The van der Waals surface area contributed by atoms with Gasteiger partial charge in [0.1, 0.15) is 6.54 Å². The number of ether oxygens (including phenoxy) is 1. The SMILES string of the molecule is CCNC(=NCC(=O)NCCOC)NC(C)c1ccc(Cl)cc1. The van der Waals surface area contributed by atoms with Crippen LogP contribution in [-0.2, 0) is 9.53 Å². The molecule has 1 rings (SSSR count). The van der Waals surface area contributed by atoms with Crippen molar-refractivity contribution in [1.29, 1.82) is 0 Å². The molecule has 7 heteroatoms. The largest absolute Gasteiger partial charge is 0.383 e. The first-order chi connectivity index (χ1) is 11.1. The average Bonchev–Trinajstić information content (AvgIpc) is 2.53. The molecule has 3 N–H and O–H groups in total. The van der Waals surface area contributed by atoms with Gasteiger partial charge in [0.15, 0.2) is 5.96 Å². The minimum absolute atomic E-state index is 0.0432. The molecule has 0 saturated carbocycles. The maximum Gasteiger partial charge on any atom is 0.241 e. The van der Waals surface area contributed by atoms with Crippen LogP contribution in [0.1, 0.15) is 25.5 Å². The van der Waals surface area contributed by atoms with Crippen molar-refractivity contribution in [3.05, 3.63) is 34.9 Å². The third kappa shape index (κ3) is 7.85. The molecule has 128 valence electrons. The molecule has 0 aliphatic carbocycles. The number of carbonyl (C=O) groups excluding carboxylic acids is 1. The van der Waals surface area contributed by atoms with E-state index >= 15 is 0 Å². The average molecular weight is 341 g/mol. The number of nitrogens with zero attached hydrogens (tertiary/aromatic N) is 1. The van der Waals surface area contributed by atoms with E-state index in [1.54, 1.807) is 7.11 Å². The number of halogens is 1. The van der Waals surface area contributed by atoms with Crippen LogP contribution in [0.15, 0.2) is 29.3 Å². The monoisotopic (exact) mass is 340 g/mol. The van der Waals surface area contributed by atoms with Gasteiger partial charge in [-0.3, -0.25) is 4.79 Å². The molecule has 1 aromatic carbocycles. The van der Waals surface area contributed by atoms with Crippen LogP contribution in [0.25, 0.3) is 0 Å². The highest BCUT2D eigenvalue weighted by Gasteiger charge is 2.08. The molecule has 0 radical (unpaired) electrons. The summed E-state index contributed by atoms with van der Waals surface area (Å²) in [6.07, 6.45) is 0. The Morgan fingerprint density at radius 2 is 2.00 bits per heavy atom. The maximum absolute atomic E-state index is 11.7. The van der Waals surface area contributed by atoms with Gasteiger partial charge in [-0.1, -0.05) is 23.7 Å². The Kier molecular flexibility index (Phi) is 9.09. The first-order valence-electron chi connectivity index (χ1n) is 7.62. The molecule has 0 saturated heterocycles. The molecule has 1 atom stereocenters. The van der Waals surface area contributed by atoms with Gasteiger partial charge >= 0.3 is 0 Å². The van der Waals surface area contributed by atoms with Crippen molar-refractivity contribution in [1.82, 2.24) is 16.0 Å². The Bertz CT molecular complexity index is 505. The minimum atomic E-state index is -0.140. The number of methoxy groups -OCH3 is 1. The zero-order valence-corrected chi connectivity index (χ0v) is 14.6. The molecule has 0 aromatic heterocycles. The van der Waals surface area contributed by atoms with E-state index in [0.29, 0.717) is 30.7 Å². The first kappa shape index (κ1) is 19.3. The van der Waals surface area contributed by atoms with Gasteiger partial charge < -0.3 is 20.7 Å². The van der Waals surface area contributed by atoms with E-state index in [9.17, 15) is 4.79 Å². The molecule has 6 nitrogen and oxygen atoms in total. The van der Waals surface area contributed by atoms with E-state index in [4.69, 9.17) is 16.3 Å². The molecule has 0 bridgehead atoms. The Balaban J connectivity index is 2.57. The fourth-order valence-electron chi connectivity index (χ4n) is 1.86.